The molecular formula is C21H21ClN4O4S3. The molecule has 2 aromatic carbocycles. The summed E-state index contributed by atoms with van der Waals surface area (Å²) in [7, 11) is 4.62. The summed E-state index contributed by atoms with van der Waals surface area (Å²) in [4.78, 5) is 12.1. The molecule has 0 unspecified atom stereocenters. The van der Waals surface area contributed by atoms with Gasteiger partial charge >= 0.3 is 0 Å². The Balaban J connectivity index is 1.48. The van der Waals surface area contributed by atoms with Gasteiger partial charge in [-0.3, -0.25) is 4.79 Å². The molecule has 0 aliphatic rings. The first-order valence-corrected chi connectivity index (χ1v) is 12.6. The number of carbonyl (C=O) groups excluding carboxylic acids is 1. The third-order valence-corrected chi connectivity index (χ3v) is 7.63. The fourth-order valence-corrected chi connectivity index (χ4v) is 5.42. The number of carbonyl (C=O) groups is 1. The Kier molecular flexibility index (Phi) is 9.67. The third kappa shape index (κ3) is 7.53. The quantitative estimate of drug-likeness (QED) is 0.218. The van der Waals surface area contributed by atoms with Crippen LogP contribution >= 0.6 is 46.5 Å². The van der Waals surface area contributed by atoms with E-state index in [0.29, 0.717) is 32.2 Å². The summed E-state index contributed by atoms with van der Waals surface area (Å²) in [6.45, 7) is 0. The molecule has 8 nitrogen and oxygen atoms in total. The summed E-state index contributed by atoms with van der Waals surface area (Å²) in [6, 6.07) is 11.1. The van der Waals surface area contributed by atoms with Crippen LogP contribution in [-0.2, 0) is 10.5 Å². The molecule has 33 heavy (non-hydrogen) atoms. The van der Waals surface area contributed by atoms with Gasteiger partial charge in [-0.15, -0.1) is 10.2 Å². The van der Waals surface area contributed by atoms with Crippen LogP contribution in [0, 0.1) is 0 Å². The van der Waals surface area contributed by atoms with Gasteiger partial charge in [0.1, 0.15) is 5.75 Å². The highest BCUT2D eigenvalue weighted by Crippen LogP contribution is 2.34. The lowest BCUT2D eigenvalue weighted by Gasteiger charge is -2.11. The van der Waals surface area contributed by atoms with Crippen molar-refractivity contribution in [2.24, 2.45) is 5.10 Å². The number of rotatable bonds is 11. The number of ether oxygens (including phenoxy) is 3. The average molecular weight is 525 g/mol. The number of thioether (sulfide) groups is 2. The number of nitrogens with zero attached hydrogens (tertiary/aromatic N) is 3. The molecule has 3 rings (SSSR count). The number of hydrogen-bond donors (Lipinski definition) is 1. The number of aromatic nitrogens is 2. The van der Waals surface area contributed by atoms with Gasteiger partial charge in [0.15, 0.2) is 20.2 Å². The van der Waals surface area contributed by atoms with Crippen molar-refractivity contribution in [1.82, 2.24) is 15.6 Å². The van der Waals surface area contributed by atoms with Crippen LogP contribution in [0.1, 0.15) is 11.1 Å². The summed E-state index contributed by atoms with van der Waals surface area (Å²) in [5, 5.41) is 13.0. The van der Waals surface area contributed by atoms with E-state index < -0.39 is 0 Å². The summed E-state index contributed by atoms with van der Waals surface area (Å²) in [5.41, 5.74) is 4.28. The van der Waals surface area contributed by atoms with Crippen LogP contribution in [0.5, 0.6) is 17.2 Å². The Hall–Kier alpha value is -2.47. The standard InChI is InChI=1S/C21H21ClN4O4S3/c1-28-16-9-18(30-3)17(29-2)8-14(16)10-23-24-19(27)12-32-21-26-25-20(33-21)31-11-13-4-6-15(22)7-5-13/h4-10H,11-12H2,1-3H3,(H,24,27)/b23-10+. The van der Waals surface area contributed by atoms with Crippen molar-refractivity contribution in [3.63, 3.8) is 0 Å². The molecule has 174 valence electrons. The Morgan fingerprint density at radius 2 is 1.67 bits per heavy atom. The highest BCUT2D eigenvalue weighted by Gasteiger charge is 2.11. The molecule has 0 aliphatic carbocycles. The molecule has 0 aliphatic heterocycles. The zero-order valence-electron chi connectivity index (χ0n) is 18.0. The van der Waals surface area contributed by atoms with E-state index in [1.165, 1.54) is 36.4 Å². The second-order valence-electron chi connectivity index (χ2n) is 6.28. The predicted molar refractivity (Wildman–Crippen MR) is 133 cm³/mol. The number of benzene rings is 2. The summed E-state index contributed by atoms with van der Waals surface area (Å²) in [5.74, 6) is 2.28. The lowest BCUT2D eigenvalue weighted by molar-refractivity contribution is -0.118. The summed E-state index contributed by atoms with van der Waals surface area (Å²) < 4.78 is 17.4. The predicted octanol–water partition coefficient (Wildman–Crippen LogP) is 4.75. The van der Waals surface area contributed by atoms with Crippen LogP contribution < -0.4 is 19.6 Å². The number of hydrazone groups is 1. The van der Waals surface area contributed by atoms with Crippen LogP contribution in [-0.4, -0.2) is 49.4 Å². The highest BCUT2D eigenvalue weighted by molar-refractivity contribution is 8.03. The molecule has 12 heteroatoms. The van der Waals surface area contributed by atoms with Crippen molar-refractivity contribution in [2.45, 2.75) is 14.4 Å². The second kappa shape index (κ2) is 12.7. The van der Waals surface area contributed by atoms with Crippen LogP contribution in [0.25, 0.3) is 0 Å². The summed E-state index contributed by atoms with van der Waals surface area (Å²) >= 11 is 10.2. The molecule has 0 fully saturated rings. The van der Waals surface area contributed by atoms with Crippen molar-refractivity contribution >= 4 is 58.6 Å². The van der Waals surface area contributed by atoms with E-state index in [9.17, 15) is 4.79 Å². The van der Waals surface area contributed by atoms with Gasteiger partial charge in [0.05, 0.1) is 33.3 Å². The van der Waals surface area contributed by atoms with Gasteiger partial charge in [0.2, 0.25) is 0 Å². The number of hydrogen-bond acceptors (Lipinski definition) is 10. The Bertz CT molecular complexity index is 1110. The first kappa shape index (κ1) is 25.2. The van der Waals surface area contributed by atoms with Crippen molar-refractivity contribution in [1.29, 1.82) is 0 Å². The van der Waals surface area contributed by atoms with Crippen molar-refractivity contribution in [2.75, 3.05) is 27.1 Å². The maximum atomic E-state index is 12.1. The normalized spacial score (nSPS) is 10.9. The minimum absolute atomic E-state index is 0.164. The number of methoxy groups -OCH3 is 3. The number of amides is 1. The van der Waals surface area contributed by atoms with Gasteiger partial charge in [-0.2, -0.15) is 5.10 Å². The van der Waals surface area contributed by atoms with Gasteiger partial charge in [-0.1, -0.05) is 58.6 Å². The lowest BCUT2D eigenvalue weighted by atomic mass is 10.2. The van der Waals surface area contributed by atoms with E-state index in [2.05, 4.69) is 20.7 Å². The van der Waals surface area contributed by atoms with Gasteiger partial charge in [-0.25, -0.2) is 5.43 Å². The number of nitrogens with one attached hydrogen (secondary N) is 1. The smallest absolute Gasteiger partial charge is 0.250 e. The molecule has 0 bridgehead atoms. The highest BCUT2D eigenvalue weighted by atomic mass is 35.5. The SMILES string of the molecule is COc1cc(OC)c(OC)cc1/C=N/NC(=O)CSc1nnc(SCc2ccc(Cl)cc2)s1. The Labute approximate surface area is 209 Å². The third-order valence-electron chi connectivity index (χ3n) is 4.12. The largest absolute Gasteiger partial charge is 0.496 e. The molecule has 1 aromatic heterocycles. The average Bonchev–Trinajstić information content (AvgIpc) is 3.30. The van der Waals surface area contributed by atoms with Crippen molar-refractivity contribution in [3.8, 4) is 17.2 Å². The zero-order chi connectivity index (χ0) is 23.6. The van der Waals surface area contributed by atoms with Gasteiger partial charge < -0.3 is 14.2 Å². The fourth-order valence-electron chi connectivity index (χ4n) is 2.53. The molecule has 0 radical (unpaired) electrons. The first-order valence-electron chi connectivity index (χ1n) is 9.47. The van der Waals surface area contributed by atoms with Crippen molar-refractivity contribution < 1.29 is 19.0 Å². The first-order chi connectivity index (χ1) is 16.0. The van der Waals surface area contributed by atoms with Gasteiger partial charge in [0.25, 0.3) is 5.91 Å². The minimum atomic E-state index is -0.263. The Morgan fingerprint density at radius 1 is 1.03 bits per heavy atom. The lowest BCUT2D eigenvalue weighted by Crippen LogP contribution is -2.19. The maximum Gasteiger partial charge on any atom is 0.250 e. The van der Waals surface area contributed by atoms with Gasteiger partial charge in [-0.05, 0) is 23.8 Å². The van der Waals surface area contributed by atoms with Gasteiger partial charge in [0, 0.05) is 22.4 Å². The van der Waals surface area contributed by atoms with Crippen LogP contribution in [0.15, 0.2) is 50.2 Å². The van der Waals surface area contributed by atoms with E-state index in [0.717, 1.165) is 15.7 Å². The molecule has 3 aromatic rings. The second-order valence-corrected chi connectivity index (χ2v) is 10.1. The maximum absolute atomic E-state index is 12.1. The molecule has 0 atom stereocenters. The molecule has 0 spiro atoms. The topological polar surface area (TPSA) is 94.9 Å². The molecule has 0 saturated heterocycles. The Morgan fingerprint density at radius 3 is 2.33 bits per heavy atom. The van der Waals surface area contributed by atoms with Crippen molar-refractivity contribution in [3.05, 3.63) is 52.5 Å². The number of halogens is 1. The zero-order valence-corrected chi connectivity index (χ0v) is 21.2. The molecular weight excluding hydrogens is 504 g/mol. The van der Waals surface area contributed by atoms with Crippen LogP contribution in [0.3, 0.4) is 0 Å². The molecule has 1 heterocycles. The van der Waals surface area contributed by atoms with E-state index in [1.807, 2.05) is 24.3 Å². The van der Waals surface area contributed by atoms with Crippen LogP contribution in [0.4, 0.5) is 0 Å². The molecule has 1 amide bonds. The minimum Gasteiger partial charge on any atom is -0.496 e. The summed E-state index contributed by atoms with van der Waals surface area (Å²) in [6.07, 6.45) is 1.49. The van der Waals surface area contributed by atoms with E-state index in [1.54, 1.807) is 38.1 Å². The molecule has 0 saturated carbocycles. The van der Waals surface area contributed by atoms with E-state index in [-0.39, 0.29) is 11.7 Å². The molecule has 1 N–H and O–H groups in total. The fraction of sp³-hybridized carbons (Fsp3) is 0.238. The van der Waals surface area contributed by atoms with Crippen LogP contribution in [0.2, 0.25) is 5.02 Å². The van der Waals surface area contributed by atoms with E-state index >= 15 is 0 Å². The monoisotopic (exact) mass is 524 g/mol. The van der Waals surface area contributed by atoms with E-state index in [4.69, 9.17) is 25.8 Å².